The summed E-state index contributed by atoms with van der Waals surface area (Å²) in [4.78, 5) is 1.18. The highest BCUT2D eigenvalue weighted by Gasteiger charge is 1.95. The summed E-state index contributed by atoms with van der Waals surface area (Å²) in [6, 6.07) is 10.3. The van der Waals surface area contributed by atoms with Gasteiger partial charge in [-0.15, -0.1) is 11.8 Å². The Morgan fingerprint density at radius 3 is 2.62 bits per heavy atom. The molecule has 0 radical (unpaired) electrons. The molecule has 0 N–H and O–H groups in total. The smallest absolute Gasteiger partial charge is 0.0949 e. The lowest BCUT2D eigenvalue weighted by atomic mass is 10.2. The molecule has 0 aliphatic carbocycles. The maximum absolute atomic E-state index is 8.49. The van der Waals surface area contributed by atoms with Crippen LogP contribution in [0, 0.1) is 18.3 Å². The molecule has 1 aromatic rings. The fraction of sp³-hybridized carbons (Fsp3) is 0.182. The molecule has 0 aliphatic rings. The van der Waals surface area contributed by atoms with E-state index in [-0.39, 0.29) is 0 Å². The van der Waals surface area contributed by atoms with Gasteiger partial charge in [0.25, 0.3) is 0 Å². The number of benzene rings is 1. The van der Waals surface area contributed by atoms with Gasteiger partial charge in [-0.1, -0.05) is 24.3 Å². The molecule has 0 saturated heterocycles. The number of hydrogen-bond donors (Lipinski definition) is 0. The molecule has 1 rings (SSSR count). The lowest BCUT2D eigenvalue weighted by Crippen LogP contribution is -1.81. The maximum Gasteiger partial charge on any atom is 0.0949 e. The Bertz CT molecular complexity index is 332. The van der Waals surface area contributed by atoms with Crippen molar-refractivity contribution in [1.29, 1.82) is 5.26 Å². The largest absolute Gasteiger partial charge is 0.193 e. The quantitative estimate of drug-likeness (QED) is 0.538. The van der Waals surface area contributed by atoms with Crippen LogP contribution in [-0.4, -0.2) is 5.75 Å². The molecule has 1 aromatic carbocycles. The molecule has 0 aliphatic heterocycles. The van der Waals surface area contributed by atoms with Crippen LogP contribution in [0.2, 0.25) is 0 Å². The second-order valence-electron chi connectivity index (χ2n) is 2.82. The van der Waals surface area contributed by atoms with Gasteiger partial charge in [-0.05, 0) is 19.1 Å². The molecule has 0 heterocycles. The third-order valence-electron chi connectivity index (χ3n) is 1.59. The van der Waals surface area contributed by atoms with Gasteiger partial charge in [-0.2, -0.15) is 5.26 Å². The molecule has 2 heteroatoms. The minimum absolute atomic E-state index is 0.616. The average Bonchev–Trinajstić information content (AvgIpc) is 2.16. The van der Waals surface area contributed by atoms with Crippen LogP contribution in [0.3, 0.4) is 0 Å². The van der Waals surface area contributed by atoms with Crippen LogP contribution in [0.25, 0.3) is 0 Å². The van der Waals surface area contributed by atoms with Crippen LogP contribution in [-0.2, 0) is 0 Å². The van der Waals surface area contributed by atoms with Gasteiger partial charge in [0.1, 0.15) is 0 Å². The third kappa shape index (κ3) is 3.35. The van der Waals surface area contributed by atoms with Crippen molar-refractivity contribution < 1.29 is 0 Å². The van der Waals surface area contributed by atoms with Gasteiger partial charge in [0.15, 0.2) is 0 Å². The topological polar surface area (TPSA) is 23.8 Å². The van der Waals surface area contributed by atoms with Gasteiger partial charge in [0.05, 0.1) is 6.07 Å². The lowest BCUT2D eigenvalue weighted by molar-refractivity contribution is 1.37. The summed E-state index contributed by atoms with van der Waals surface area (Å²) in [6.45, 7) is 5.68. The summed E-state index contributed by atoms with van der Waals surface area (Å²) in [5, 5.41) is 8.49. The van der Waals surface area contributed by atoms with Crippen molar-refractivity contribution in [3.05, 3.63) is 42.0 Å². The number of nitrogens with zero attached hydrogens (tertiary/aromatic N) is 1. The first-order valence-corrected chi connectivity index (χ1v) is 4.98. The SMILES string of the molecule is C=C(C#N)CSc1ccc(C)cc1. The zero-order valence-electron chi connectivity index (χ0n) is 7.58. The summed E-state index contributed by atoms with van der Waals surface area (Å²) >= 11 is 1.64. The predicted octanol–water partition coefficient (Wildman–Crippen LogP) is 3.17. The monoisotopic (exact) mass is 189 g/mol. The second kappa shape index (κ2) is 4.74. The molecule has 0 aromatic heterocycles. The Balaban J connectivity index is 2.52. The molecule has 0 bridgehead atoms. The Hall–Kier alpha value is -1.20. The molecule has 13 heavy (non-hydrogen) atoms. The molecule has 1 nitrogen and oxygen atoms in total. The zero-order chi connectivity index (χ0) is 9.68. The fourth-order valence-electron chi connectivity index (χ4n) is 0.837. The summed E-state index contributed by atoms with van der Waals surface area (Å²) in [7, 11) is 0. The molecule has 0 fully saturated rings. The van der Waals surface area contributed by atoms with E-state index in [0.29, 0.717) is 11.3 Å². The molecule has 66 valence electrons. The first-order chi connectivity index (χ1) is 6.22. The Kier molecular flexibility index (Phi) is 3.60. The predicted molar refractivity (Wildman–Crippen MR) is 56.7 cm³/mol. The third-order valence-corrected chi connectivity index (χ3v) is 2.69. The van der Waals surface area contributed by atoms with E-state index < -0.39 is 0 Å². The van der Waals surface area contributed by atoms with E-state index >= 15 is 0 Å². The molecular weight excluding hydrogens is 178 g/mol. The van der Waals surface area contributed by atoms with Crippen molar-refractivity contribution in [3.63, 3.8) is 0 Å². The molecule has 0 unspecified atom stereocenters. The van der Waals surface area contributed by atoms with E-state index in [2.05, 4.69) is 37.8 Å². The van der Waals surface area contributed by atoms with Crippen molar-refractivity contribution in [2.24, 2.45) is 0 Å². The minimum atomic E-state index is 0.616. The number of aryl methyl sites for hydroxylation is 1. The Morgan fingerprint density at radius 1 is 1.46 bits per heavy atom. The highest BCUT2D eigenvalue weighted by Crippen LogP contribution is 2.19. The van der Waals surface area contributed by atoms with Crippen LogP contribution >= 0.6 is 11.8 Å². The summed E-state index contributed by atoms with van der Waals surface area (Å²) in [5.74, 6) is 0.680. The van der Waals surface area contributed by atoms with Crippen molar-refractivity contribution >= 4 is 11.8 Å². The van der Waals surface area contributed by atoms with E-state index in [1.165, 1.54) is 10.5 Å². The van der Waals surface area contributed by atoms with Crippen LogP contribution in [0.5, 0.6) is 0 Å². The van der Waals surface area contributed by atoms with E-state index in [4.69, 9.17) is 5.26 Å². The minimum Gasteiger partial charge on any atom is -0.193 e. The van der Waals surface area contributed by atoms with Gasteiger partial charge in [0.2, 0.25) is 0 Å². The van der Waals surface area contributed by atoms with Gasteiger partial charge in [-0.3, -0.25) is 0 Å². The van der Waals surface area contributed by atoms with Crippen molar-refractivity contribution in [3.8, 4) is 6.07 Å². The zero-order valence-corrected chi connectivity index (χ0v) is 8.40. The number of nitriles is 1. The van der Waals surface area contributed by atoms with E-state index in [9.17, 15) is 0 Å². The molecule has 0 atom stereocenters. The molecule has 0 spiro atoms. The van der Waals surface area contributed by atoms with Crippen molar-refractivity contribution in [2.45, 2.75) is 11.8 Å². The van der Waals surface area contributed by atoms with Gasteiger partial charge in [0, 0.05) is 16.2 Å². The van der Waals surface area contributed by atoms with E-state index in [0.717, 1.165) is 0 Å². The van der Waals surface area contributed by atoms with Crippen LogP contribution < -0.4 is 0 Å². The average molecular weight is 189 g/mol. The van der Waals surface area contributed by atoms with Crippen molar-refractivity contribution in [1.82, 2.24) is 0 Å². The highest BCUT2D eigenvalue weighted by atomic mass is 32.2. The van der Waals surface area contributed by atoms with E-state index in [1.54, 1.807) is 11.8 Å². The van der Waals surface area contributed by atoms with Crippen LogP contribution in [0.15, 0.2) is 41.3 Å². The molecular formula is C11H11NS. The van der Waals surface area contributed by atoms with Crippen LogP contribution in [0.4, 0.5) is 0 Å². The number of rotatable bonds is 3. The van der Waals surface area contributed by atoms with E-state index in [1.807, 2.05) is 6.07 Å². The standard InChI is InChI=1S/C11H11NS/c1-9-3-5-11(6-4-9)13-8-10(2)7-12/h3-6H,2,8H2,1H3. The summed E-state index contributed by atoms with van der Waals surface area (Å²) < 4.78 is 0. The Morgan fingerprint density at radius 2 is 2.08 bits per heavy atom. The maximum atomic E-state index is 8.49. The number of hydrogen-bond acceptors (Lipinski definition) is 2. The summed E-state index contributed by atoms with van der Waals surface area (Å²) in [5.41, 5.74) is 1.87. The van der Waals surface area contributed by atoms with Gasteiger partial charge < -0.3 is 0 Å². The first kappa shape index (κ1) is 9.88. The molecule has 0 saturated carbocycles. The van der Waals surface area contributed by atoms with Crippen molar-refractivity contribution in [2.75, 3.05) is 5.75 Å². The molecule has 0 amide bonds. The van der Waals surface area contributed by atoms with Gasteiger partial charge >= 0.3 is 0 Å². The normalized spacial score (nSPS) is 9.23. The lowest BCUT2D eigenvalue weighted by Gasteiger charge is -1.99. The second-order valence-corrected chi connectivity index (χ2v) is 3.87. The fourth-order valence-corrected chi connectivity index (χ4v) is 1.57. The van der Waals surface area contributed by atoms with Crippen LogP contribution in [0.1, 0.15) is 5.56 Å². The first-order valence-electron chi connectivity index (χ1n) is 3.99. The Labute approximate surface area is 83.1 Å². The number of thioether (sulfide) groups is 1. The van der Waals surface area contributed by atoms with Gasteiger partial charge in [-0.25, -0.2) is 0 Å². The highest BCUT2D eigenvalue weighted by molar-refractivity contribution is 7.99. The summed E-state index contributed by atoms with van der Waals surface area (Å²) in [6.07, 6.45) is 0.